The number of carboxylic acids is 1. The third-order valence-electron chi connectivity index (χ3n) is 6.04. The molecule has 1 unspecified atom stereocenters. The van der Waals surface area contributed by atoms with E-state index in [9.17, 15) is 22.7 Å². The van der Waals surface area contributed by atoms with E-state index >= 15 is 0 Å². The first-order valence-electron chi connectivity index (χ1n) is 11.7. The topological polar surface area (TPSA) is 93.6 Å². The number of carbonyl (C=O) groups is 1. The van der Waals surface area contributed by atoms with Gasteiger partial charge >= 0.3 is 5.97 Å². The molecule has 1 heterocycles. The van der Waals surface area contributed by atoms with Gasteiger partial charge < -0.3 is 9.84 Å². The minimum Gasteiger partial charge on any atom is -0.489 e. The van der Waals surface area contributed by atoms with Gasteiger partial charge in [0.25, 0.3) is 0 Å². The summed E-state index contributed by atoms with van der Waals surface area (Å²) in [6.07, 6.45) is 1.68. The van der Waals surface area contributed by atoms with Crippen molar-refractivity contribution in [2.75, 3.05) is 5.75 Å². The molecule has 0 fully saturated rings. The summed E-state index contributed by atoms with van der Waals surface area (Å²) in [4.78, 5) is 16.3. The van der Waals surface area contributed by atoms with E-state index < -0.39 is 21.1 Å². The van der Waals surface area contributed by atoms with Crippen molar-refractivity contribution in [3.63, 3.8) is 0 Å². The third-order valence-corrected chi connectivity index (χ3v) is 8.04. The van der Waals surface area contributed by atoms with Crippen LogP contribution in [-0.2, 0) is 21.2 Å². The molecule has 4 aromatic rings. The second-order valence-electron chi connectivity index (χ2n) is 8.60. The van der Waals surface area contributed by atoms with Crippen LogP contribution in [0.5, 0.6) is 5.75 Å². The van der Waals surface area contributed by atoms with E-state index in [0.717, 1.165) is 27.9 Å². The highest BCUT2D eigenvalue weighted by molar-refractivity contribution is 7.92. The van der Waals surface area contributed by atoms with Crippen LogP contribution < -0.4 is 4.74 Å². The van der Waals surface area contributed by atoms with Gasteiger partial charge in [0.1, 0.15) is 18.2 Å². The van der Waals surface area contributed by atoms with Crippen LogP contribution in [-0.4, -0.2) is 30.2 Å². The fourth-order valence-corrected chi connectivity index (χ4v) is 5.19. The number of ether oxygens (including phenoxy) is 1. The van der Waals surface area contributed by atoms with Gasteiger partial charge in [-0.1, -0.05) is 49.4 Å². The van der Waals surface area contributed by atoms with E-state index in [-0.39, 0.29) is 23.7 Å². The first-order chi connectivity index (χ1) is 17.7. The van der Waals surface area contributed by atoms with Gasteiger partial charge in [0.2, 0.25) is 0 Å². The summed E-state index contributed by atoms with van der Waals surface area (Å²) in [5.41, 5.74) is 4.87. The quantitative estimate of drug-likeness (QED) is 0.291. The average Bonchev–Trinajstić information content (AvgIpc) is 2.89. The molecule has 1 aromatic heterocycles. The Morgan fingerprint density at radius 3 is 2.22 bits per heavy atom. The molecule has 0 radical (unpaired) electrons. The molecule has 0 aliphatic rings. The lowest BCUT2D eigenvalue weighted by molar-refractivity contribution is -0.136. The maximum Gasteiger partial charge on any atom is 0.326 e. The maximum atomic E-state index is 13.1. The van der Waals surface area contributed by atoms with Gasteiger partial charge in [0.15, 0.2) is 15.1 Å². The number of hydrogen-bond acceptors (Lipinski definition) is 5. The minimum atomic E-state index is -3.89. The van der Waals surface area contributed by atoms with E-state index in [1.54, 1.807) is 36.5 Å². The zero-order chi connectivity index (χ0) is 26.6. The van der Waals surface area contributed by atoms with Gasteiger partial charge in [-0.2, -0.15) is 0 Å². The van der Waals surface area contributed by atoms with Crippen molar-refractivity contribution in [2.45, 2.75) is 25.7 Å². The number of benzene rings is 3. The van der Waals surface area contributed by atoms with Crippen LogP contribution in [0.25, 0.3) is 22.3 Å². The van der Waals surface area contributed by atoms with Gasteiger partial charge in [-0.15, -0.1) is 0 Å². The Morgan fingerprint density at radius 1 is 0.946 bits per heavy atom. The molecule has 6 nitrogen and oxygen atoms in total. The van der Waals surface area contributed by atoms with Crippen LogP contribution in [0.1, 0.15) is 29.0 Å². The summed E-state index contributed by atoms with van der Waals surface area (Å²) >= 11 is 0. The fourth-order valence-electron chi connectivity index (χ4n) is 3.99. The van der Waals surface area contributed by atoms with Crippen molar-refractivity contribution >= 4 is 15.8 Å². The molecule has 0 aliphatic heterocycles. The molecule has 0 aliphatic carbocycles. The third kappa shape index (κ3) is 6.03. The Kier molecular flexibility index (Phi) is 7.69. The summed E-state index contributed by atoms with van der Waals surface area (Å²) in [7, 11) is -3.89. The molecule has 0 spiro atoms. The molecule has 4 rings (SSSR count). The van der Waals surface area contributed by atoms with Crippen molar-refractivity contribution in [3.05, 3.63) is 108 Å². The lowest BCUT2D eigenvalue weighted by Gasteiger charge is -2.17. The lowest BCUT2D eigenvalue weighted by atomic mass is 9.92. The van der Waals surface area contributed by atoms with Gasteiger partial charge in [0, 0.05) is 23.2 Å². The SMILES string of the molecule is CCS(=O)(=O)C(C(=O)O)c1ccc(-c2ccc(OCc3ccc(F)cc3)cc2)c(-c2ccc(C)nc2)c1. The van der Waals surface area contributed by atoms with Crippen molar-refractivity contribution < 1.29 is 27.4 Å². The highest BCUT2D eigenvalue weighted by Crippen LogP contribution is 2.36. The molecular weight excluding hydrogens is 493 g/mol. The van der Waals surface area contributed by atoms with Gasteiger partial charge in [-0.25, -0.2) is 12.8 Å². The standard InChI is InChI=1S/C29H26FNO5S/c1-3-37(34,35)28(29(32)33)22-10-15-26(27(16-22)23-7-4-19(2)31-17-23)21-8-13-25(14-9-21)36-18-20-5-11-24(30)12-6-20/h4-17,28H,3,18H2,1-2H3,(H,32,33). The summed E-state index contributed by atoms with van der Waals surface area (Å²) in [5, 5.41) is 8.07. The molecule has 0 bridgehead atoms. The van der Waals surface area contributed by atoms with Crippen LogP contribution in [0.3, 0.4) is 0 Å². The summed E-state index contributed by atoms with van der Waals surface area (Å²) in [6.45, 7) is 3.58. The van der Waals surface area contributed by atoms with Gasteiger partial charge in [0.05, 0.1) is 0 Å². The normalized spacial score (nSPS) is 12.2. The molecule has 3 aromatic carbocycles. The zero-order valence-corrected chi connectivity index (χ0v) is 21.2. The highest BCUT2D eigenvalue weighted by atomic mass is 32.2. The van der Waals surface area contributed by atoms with Crippen LogP contribution in [0.4, 0.5) is 4.39 Å². The Morgan fingerprint density at radius 2 is 1.62 bits per heavy atom. The number of carboxylic acid groups (broad SMARTS) is 1. The largest absolute Gasteiger partial charge is 0.489 e. The van der Waals surface area contributed by atoms with Gasteiger partial charge in [-0.05, 0) is 71.1 Å². The van der Waals surface area contributed by atoms with E-state index in [1.807, 2.05) is 43.3 Å². The number of aryl methyl sites for hydroxylation is 1. The van der Waals surface area contributed by atoms with E-state index in [2.05, 4.69) is 4.98 Å². The second-order valence-corrected chi connectivity index (χ2v) is 11.0. The number of aromatic nitrogens is 1. The van der Waals surface area contributed by atoms with E-state index in [4.69, 9.17) is 4.74 Å². The summed E-state index contributed by atoms with van der Waals surface area (Å²) in [6, 6.07) is 22.1. The highest BCUT2D eigenvalue weighted by Gasteiger charge is 2.33. The Hall–Kier alpha value is -4.04. The molecule has 190 valence electrons. The number of pyridine rings is 1. The maximum absolute atomic E-state index is 13.1. The van der Waals surface area contributed by atoms with Gasteiger partial charge in [-0.3, -0.25) is 9.78 Å². The number of halogens is 1. The first kappa shape index (κ1) is 26.0. The predicted molar refractivity (Wildman–Crippen MR) is 140 cm³/mol. The first-order valence-corrected chi connectivity index (χ1v) is 13.4. The van der Waals surface area contributed by atoms with Crippen molar-refractivity contribution in [1.82, 2.24) is 4.98 Å². The van der Waals surface area contributed by atoms with Crippen molar-refractivity contribution in [1.29, 1.82) is 0 Å². The minimum absolute atomic E-state index is 0.188. The zero-order valence-electron chi connectivity index (χ0n) is 20.4. The Bertz CT molecular complexity index is 1500. The van der Waals surface area contributed by atoms with E-state index in [1.165, 1.54) is 19.1 Å². The monoisotopic (exact) mass is 519 g/mol. The molecule has 1 atom stereocenters. The molecule has 1 N–H and O–H groups in total. The number of sulfone groups is 1. The molecule has 8 heteroatoms. The lowest BCUT2D eigenvalue weighted by Crippen LogP contribution is -2.23. The number of hydrogen-bond donors (Lipinski definition) is 1. The van der Waals surface area contributed by atoms with Crippen LogP contribution in [0.2, 0.25) is 0 Å². The Labute approximate surface area is 215 Å². The number of aliphatic carboxylic acids is 1. The average molecular weight is 520 g/mol. The number of rotatable bonds is 9. The number of nitrogens with zero attached hydrogens (tertiary/aromatic N) is 1. The second kappa shape index (κ2) is 10.9. The van der Waals surface area contributed by atoms with Crippen molar-refractivity contribution in [2.24, 2.45) is 0 Å². The summed E-state index contributed by atoms with van der Waals surface area (Å²) < 4.78 is 44.1. The van der Waals surface area contributed by atoms with E-state index in [0.29, 0.717) is 11.3 Å². The molecule has 0 amide bonds. The smallest absolute Gasteiger partial charge is 0.326 e. The predicted octanol–water partition coefficient (Wildman–Crippen LogP) is 6.00. The molecule has 0 saturated carbocycles. The molecule has 37 heavy (non-hydrogen) atoms. The summed E-state index contributed by atoms with van der Waals surface area (Å²) in [5.74, 6) is -1.37. The Balaban J connectivity index is 1.70. The van der Waals surface area contributed by atoms with Crippen LogP contribution in [0.15, 0.2) is 85.1 Å². The molecule has 0 saturated heterocycles. The fraction of sp³-hybridized carbons (Fsp3) is 0.172. The van der Waals surface area contributed by atoms with Crippen LogP contribution >= 0.6 is 0 Å². The van der Waals surface area contributed by atoms with Crippen LogP contribution in [0, 0.1) is 12.7 Å². The van der Waals surface area contributed by atoms with Crippen molar-refractivity contribution in [3.8, 4) is 28.0 Å². The molecular formula is C29H26FNO5S.